The van der Waals surface area contributed by atoms with Crippen LogP contribution in [-0.4, -0.2) is 36.9 Å². The van der Waals surface area contributed by atoms with Gasteiger partial charge in [-0.3, -0.25) is 0 Å². The summed E-state index contributed by atoms with van der Waals surface area (Å²) in [5.41, 5.74) is 0.0648. The molecule has 0 aromatic rings. The number of carboxylic acids is 1. The van der Waals surface area contributed by atoms with E-state index < -0.39 is 12.1 Å². The molecular weight excluding hydrogens is 226 g/mol. The SMILES string of the molecule is C=C(C)C(=O)[O-].CCCCNC(=O)OCCO. The van der Waals surface area contributed by atoms with E-state index in [1.807, 2.05) is 6.92 Å². The van der Waals surface area contributed by atoms with Gasteiger partial charge in [0.05, 0.1) is 12.6 Å². The molecule has 0 bridgehead atoms. The summed E-state index contributed by atoms with van der Waals surface area (Å²) in [6, 6.07) is 0. The molecule has 2 N–H and O–H groups in total. The van der Waals surface area contributed by atoms with Gasteiger partial charge >= 0.3 is 6.09 Å². The summed E-state index contributed by atoms with van der Waals surface area (Å²) in [7, 11) is 0. The van der Waals surface area contributed by atoms with E-state index >= 15 is 0 Å². The van der Waals surface area contributed by atoms with Crippen molar-refractivity contribution >= 4 is 12.1 Å². The second-order valence-electron chi connectivity index (χ2n) is 3.21. The van der Waals surface area contributed by atoms with Crippen LogP contribution in [0.4, 0.5) is 4.79 Å². The van der Waals surface area contributed by atoms with Crippen molar-refractivity contribution in [1.82, 2.24) is 5.32 Å². The lowest BCUT2D eigenvalue weighted by molar-refractivity contribution is -0.299. The van der Waals surface area contributed by atoms with Gasteiger partial charge in [0, 0.05) is 6.54 Å². The highest BCUT2D eigenvalue weighted by Crippen LogP contribution is 1.83. The Morgan fingerprint density at radius 2 is 2.00 bits per heavy atom. The summed E-state index contributed by atoms with van der Waals surface area (Å²) >= 11 is 0. The average molecular weight is 246 g/mol. The third-order valence-electron chi connectivity index (χ3n) is 1.47. The molecule has 0 aliphatic rings. The summed E-state index contributed by atoms with van der Waals surface area (Å²) in [4.78, 5) is 20.1. The number of aliphatic carboxylic acids is 1. The summed E-state index contributed by atoms with van der Waals surface area (Å²) in [6.07, 6.45) is 1.54. The number of carboxylic acid groups (broad SMARTS) is 1. The lowest BCUT2D eigenvalue weighted by Crippen LogP contribution is -2.26. The van der Waals surface area contributed by atoms with Gasteiger partial charge in [0.25, 0.3) is 0 Å². The molecule has 6 heteroatoms. The van der Waals surface area contributed by atoms with Gasteiger partial charge in [-0.2, -0.15) is 0 Å². The molecule has 0 aromatic heterocycles. The van der Waals surface area contributed by atoms with Crippen molar-refractivity contribution in [3.05, 3.63) is 12.2 Å². The summed E-state index contributed by atoms with van der Waals surface area (Å²) < 4.78 is 4.54. The molecular formula is C11H20NO5-. The molecule has 17 heavy (non-hydrogen) atoms. The first-order valence-electron chi connectivity index (χ1n) is 5.34. The number of alkyl carbamates (subject to hydrolysis) is 1. The predicted octanol–water partition coefficient (Wildman–Crippen LogP) is -0.183. The van der Waals surface area contributed by atoms with Crippen molar-refractivity contribution in [2.45, 2.75) is 26.7 Å². The van der Waals surface area contributed by atoms with E-state index in [-0.39, 0.29) is 18.8 Å². The summed E-state index contributed by atoms with van der Waals surface area (Å²) in [6.45, 7) is 7.10. The van der Waals surface area contributed by atoms with Crippen LogP contribution in [0, 0.1) is 0 Å². The first kappa shape index (κ1) is 17.8. The van der Waals surface area contributed by atoms with E-state index in [0.29, 0.717) is 6.54 Å². The van der Waals surface area contributed by atoms with Crippen molar-refractivity contribution in [2.75, 3.05) is 19.8 Å². The average Bonchev–Trinajstić information content (AvgIpc) is 2.27. The molecule has 0 aliphatic carbocycles. The lowest BCUT2D eigenvalue weighted by atomic mass is 10.3. The zero-order chi connectivity index (χ0) is 13.7. The quantitative estimate of drug-likeness (QED) is 0.500. The summed E-state index contributed by atoms with van der Waals surface area (Å²) in [5, 5.41) is 20.3. The van der Waals surface area contributed by atoms with E-state index in [1.165, 1.54) is 6.92 Å². The Balaban J connectivity index is 0. The topological polar surface area (TPSA) is 98.7 Å². The highest BCUT2D eigenvalue weighted by molar-refractivity contribution is 5.82. The van der Waals surface area contributed by atoms with Crippen LogP contribution in [0.5, 0.6) is 0 Å². The van der Waals surface area contributed by atoms with E-state index in [2.05, 4.69) is 16.6 Å². The standard InChI is InChI=1S/C7H15NO3.C4H6O2/c1-2-3-4-8-7(10)11-6-5-9;1-3(2)4(5)6/h9H,2-6H2,1H3,(H,8,10);1H2,2H3,(H,5,6)/p-1. The number of hydrogen-bond donors (Lipinski definition) is 2. The van der Waals surface area contributed by atoms with Gasteiger partial charge in [0.15, 0.2) is 0 Å². The van der Waals surface area contributed by atoms with Crippen molar-refractivity contribution in [3.63, 3.8) is 0 Å². The van der Waals surface area contributed by atoms with Crippen molar-refractivity contribution in [3.8, 4) is 0 Å². The second-order valence-corrected chi connectivity index (χ2v) is 3.21. The van der Waals surface area contributed by atoms with Crippen molar-refractivity contribution in [2.24, 2.45) is 0 Å². The summed E-state index contributed by atoms with van der Waals surface area (Å²) in [5.74, 6) is -1.19. The molecule has 0 fully saturated rings. The first-order valence-corrected chi connectivity index (χ1v) is 5.34. The number of hydrogen-bond acceptors (Lipinski definition) is 5. The molecule has 0 saturated heterocycles. The number of aliphatic hydroxyl groups excluding tert-OH is 1. The van der Waals surface area contributed by atoms with Gasteiger partial charge in [0.2, 0.25) is 0 Å². The zero-order valence-electron chi connectivity index (χ0n) is 10.3. The minimum atomic E-state index is -1.19. The molecule has 0 aromatic carbocycles. The van der Waals surface area contributed by atoms with Gasteiger partial charge in [-0.05, 0) is 18.9 Å². The van der Waals surface area contributed by atoms with Crippen LogP contribution < -0.4 is 10.4 Å². The number of aliphatic hydroxyl groups is 1. The number of rotatable bonds is 6. The third kappa shape index (κ3) is 17.1. The van der Waals surface area contributed by atoms with E-state index in [9.17, 15) is 14.7 Å². The Bertz CT molecular complexity index is 228. The van der Waals surface area contributed by atoms with Crippen LogP contribution in [0.15, 0.2) is 12.2 Å². The molecule has 0 rings (SSSR count). The van der Waals surface area contributed by atoms with Crippen LogP contribution in [-0.2, 0) is 9.53 Å². The van der Waals surface area contributed by atoms with Gasteiger partial charge < -0.3 is 25.1 Å². The number of ether oxygens (including phenoxy) is 1. The molecule has 0 unspecified atom stereocenters. The normalized spacial score (nSPS) is 8.65. The maximum absolute atomic E-state index is 10.6. The minimum Gasteiger partial charge on any atom is -0.545 e. The number of unbranched alkanes of at least 4 members (excludes halogenated alkanes) is 1. The highest BCUT2D eigenvalue weighted by Gasteiger charge is 1.97. The molecule has 1 amide bonds. The van der Waals surface area contributed by atoms with Crippen LogP contribution >= 0.6 is 0 Å². The molecule has 0 atom stereocenters. The Labute approximate surface area is 101 Å². The fourth-order valence-electron chi connectivity index (χ4n) is 0.557. The highest BCUT2D eigenvalue weighted by atomic mass is 16.6. The molecule has 6 nitrogen and oxygen atoms in total. The van der Waals surface area contributed by atoms with E-state index in [1.54, 1.807) is 0 Å². The number of amides is 1. The zero-order valence-corrected chi connectivity index (χ0v) is 10.3. The fourth-order valence-corrected chi connectivity index (χ4v) is 0.557. The monoisotopic (exact) mass is 246 g/mol. The van der Waals surface area contributed by atoms with Gasteiger partial charge in [-0.15, -0.1) is 0 Å². The van der Waals surface area contributed by atoms with Gasteiger partial charge in [0.1, 0.15) is 6.61 Å². The second kappa shape index (κ2) is 12.5. The largest absolute Gasteiger partial charge is 0.545 e. The van der Waals surface area contributed by atoms with Crippen LogP contribution in [0.25, 0.3) is 0 Å². The Hall–Kier alpha value is -1.56. The van der Waals surface area contributed by atoms with Crippen molar-refractivity contribution in [1.29, 1.82) is 0 Å². The smallest absolute Gasteiger partial charge is 0.407 e. The number of carbonyl (C=O) groups excluding carboxylic acids is 2. The number of carbonyl (C=O) groups is 2. The maximum atomic E-state index is 10.6. The lowest BCUT2D eigenvalue weighted by Gasteiger charge is -2.03. The van der Waals surface area contributed by atoms with Crippen LogP contribution in [0.2, 0.25) is 0 Å². The Morgan fingerprint density at radius 3 is 2.35 bits per heavy atom. The van der Waals surface area contributed by atoms with E-state index in [0.717, 1.165) is 12.8 Å². The molecule has 100 valence electrons. The van der Waals surface area contributed by atoms with Crippen LogP contribution in [0.3, 0.4) is 0 Å². The number of nitrogens with one attached hydrogen (secondary N) is 1. The predicted molar refractivity (Wildman–Crippen MR) is 61.2 cm³/mol. The Morgan fingerprint density at radius 1 is 1.47 bits per heavy atom. The van der Waals surface area contributed by atoms with Gasteiger partial charge in [-0.1, -0.05) is 19.9 Å². The third-order valence-corrected chi connectivity index (χ3v) is 1.47. The molecule has 0 saturated carbocycles. The van der Waals surface area contributed by atoms with Gasteiger partial charge in [-0.25, -0.2) is 4.79 Å². The molecule has 0 radical (unpaired) electrons. The van der Waals surface area contributed by atoms with Crippen LogP contribution in [0.1, 0.15) is 26.7 Å². The first-order chi connectivity index (χ1) is 7.95. The molecule has 0 spiro atoms. The molecule has 0 aliphatic heterocycles. The molecule has 0 heterocycles. The minimum absolute atomic E-state index is 0.0648. The maximum Gasteiger partial charge on any atom is 0.407 e. The Kier molecular flexibility index (Phi) is 13.1. The van der Waals surface area contributed by atoms with E-state index in [4.69, 9.17) is 5.11 Å². The fraction of sp³-hybridized carbons (Fsp3) is 0.636. The van der Waals surface area contributed by atoms with Crippen molar-refractivity contribution < 1.29 is 24.5 Å².